The lowest BCUT2D eigenvalue weighted by Gasteiger charge is -2.35. The minimum atomic E-state index is -0.317. The van der Waals surface area contributed by atoms with Crippen molar-refractivity contribution < 1.29 is 9.53 Å². The van der Waals surface area contributed by atoms with E-state index in [4.69, 9.17) is 4.74 Å². The largest absolute Gasteiger partial charge is 0.375 e. The van der Waals surface area contributed by atoms with Crippen LogP contribution >= 0.6 is 0 Å². The number of carbonyl (C=O) groups excluding carboxylic acids is 1. The summed E-state index contributed by atoms with van der Waals surface area (Å²) in [6, 6.07) is 10.4. The molecule has 2 rings (SSSR count). The number of piperidine rings is 1. The van der Waals surface area contributed by atoms with E-state index in [0.29, 0.717) is 5.92 Å². The summed E-state index contributed by atoms with van der Waals surface area (Å²) in [5.74, 6) is 0.664. The maximum Gasteiger partial charge on any atom is 0.225 e. The van der Waals surface area contributed by atoms with Gasteiger partial charge in [-0.25, -0.2) is 0 Å². The second-order valence-electron chi connectivity index (χ2n) is 7.86. The summed E-state index contributed by atoms with van der Waals surface area (Å²) in [5, 5.41) is 3.12. The fourth-order valence-corrected chi connectivity index (χ4v) is 3.20. The van der Waals surface area contributed by atoms with E-state index in [9.17, 15) is 4.79 Å². The Morgan fingerprint density at radius 1 is 1.33 bits per heavy atom. The van der Waals surface area contributed by atoms with Gasteiger partial charge in [0.1, 0.15) is 0 Å². The first-order valence-corrected chi connectivity index (χ1v) is 8.98. The van der Waals surface area contributed by atoms with Crippen molar-refractivity contribution in [2.45, 2.75) is 39.7 Å². The summed E-state index contributed by atoms with van der Waals surface area (Å²) < 4.78 is 5.71. The van der Waals surface area contributed by atoms with Gasteiger partial charge in [0, 0.05) is 32.2 Å². The predicted molar refractivity (Wildman–Crippen MR) is 97.8 cm³/mol. The molecule has 1 aliphatic heterocycles. The van der Waals surface area contributed by atoms with Crippen LogP contribution in [0.25, 0.3) is 0 Å². The third-order valence-corrected chi connectivity index (χ3v) is 4.72. The normalized spacial score (nSPS) is 20.6. The highest BCUT2D eigenvalue weighted by molar-refractivity contribution is 5.81. The van der Waals surface area contributed by atoms with Gasteiger partial charge in [-0.2, -0.15) is 0 Å². The molecule has 0 aliphatic carbocycles. The number of rotatable bonds is 6. The predicted octanol–water partition coefficient (Wildman–Crippen LogP) is 3.25. The first kappa shape index (κ1) is 18.9. The first-order valence-electron chi connectivity index (χ1n) is 8.98. The van der Waals surface area contributed by atoms with Crippen LogP contribution in [0.4, 0.5) is 0 Å². The molecule has 24 heavy (non-hydrogen) atoms. The number of carbonyl (C=O) groups is 1. The molecule has 1 N–H and O–H groups in total. The standard InChI is InChI=1S/C20H32N2O2/c1-20(2,3)19(23)21-13-16-9-8-12-22(14-16)15-18(24-4)17-10-6-5-7-11-17/h5-7,10-11,16,18H,8-9,12-15H2,1-4H3,(H,21,23). The Kier molecular flexibility index (Phi) is 6.81. The number of methoxy groups -OCH3 is 1. The number of nitrogens with one attached hydrogen (secondary N) is 1. The summed E-state index contributed by atoms with van der Waals surface area (Å²) in [4.78, 5) is 14.5. The van der Waals surface area contributed by atoms with Gasteiger partial charge < -0.3 is 15.0 Å². The van der Waals surface area contributed by atoms with Crippen LogP contribution in [0, 0.1) is 11.3 Å². The van der Waals surface area contributed by atoms with Gasteiger partial charge in [-0.3, -0.25) is 4.79 Å². The number of likely N-dealkylation sites (tertiary alicyclic amines) is 1. The molecular formula is C20H32N2O2. The molecule has 1 fully saturated rings. The van der Waals surface area contributed by atoms with E-state index < -0.39 is 0 Å². The molecule has 1 amide bonds. The Morgan fingerprint density at radius 2 is 2.04 bits per heavy atom. The second kappa shape index (κ2) is 8.63. The van der Waals surface area contributed by atoms with Gasteiger partial charge in [0.15, 0.2) is 0 Å². The highest BCUT2D eigenvalue weighted by atomic mass is 16.5. The molecule has 134 valence electrons. The monoisotopic (exact) mass is 332 g/mol. The summed E-state index contributed by atoms with van der Waals surface area (Å²) >= 11 is 0. The number of hydrogen-bond donors (Lipinski definition) is 1. The average molecular weight is 332 g/mol. The van der Waals surface area contributed by atoms with E-state index in [0.717, 1.165) is 26.2 Å². The molecule has 0 saturated carbocycles. The van der Waals surface area contributed by atoms with E-state index >= 15 is 0 Å². The Morgan fingerprint density at radius 3 is 2.67 bits per heavy atom. The smallest absolute Gasteiger partial charge is 0.225 e. The maximum atomic E-state index is 12.1. The van der Waals surface area contributed by atoms with Crippen LogP contribution in [-0.4, -0.2) is 44.1 Å². The summed E-state index contributed by atoms with van der Waals surface area (Å²) in [5.41, 5.74) is 0.908. The zero-order valence-electron chi connectivity index (χ0n) is 15.5. The van der Waals surface area contributed by atoms with E-state index in [1.54, 1.807) is 7.11 Å². The van der Waals surface area contributed by atoms with Crippen LogP contribution < -0.4 is 5.32 Å². The van der Waals surface area contributed by atoms with Crippen molar-refractivity contribution >= 4 is 5.91 Å². The van der Waals surface area contributed by atoms with Crippen molar-refractivity contribution in [3.8, 4) is 0 Å². The molecule has 0 radical (unpaired) electrons. The number of amides is 1. The van der Waals surface area contributed by atoms with Gasteiger partial charge in [0.2, 0.25) is 5.91 Å². The Bertz CT molecular complexity index is 510. The number of hydrogen-bond acceptors (Lipinski definition) is 3. The van der Waals surface area contributed by atoms with Crippen molar-refractivity contribution in [2.24, 2.45) is 11.3 Å². The molecule has 4 heteroatoms. The number of benzene rings is 1. The van der Waals surface area contributed by atoms with E-state index in [1.165, 1.54) is 18.4 Å². The molecule has 1 aromatic carbocycles. The van der Waals surface area contributed by atoms with Crippen molar-refractivity contribution in [2.75, 3.05) is 33.3 Å². The van der Waals surface area contributed by atoms with Crippen LogP contribution in [0.3, 0.4) is 0 Å². The van der Waals surface area contributed by atoms with Crippen LogP contribution in [0.1, 0.15) is 45.3 Å². The van der Waals surface area contributed by atoms with Crippen molar-refractivity contribution in [3.63, 3.8) is 0 Å². The number of nitrogens with zero attached hydrogens (tertiary/aromatic N) is 1. The van der Waals surface area contributed by atoms with Gasteiger partial charge in [-0.05, 0) is 30.9 Å². The lowest BCUT2D eigenvalue weighted by Crippen LogP contribution is -2.44. The topological polar surface area (TPSA) is 41.6 Å². The highest BCUT2D eigenvalue weighted by Crippen LogP contribution is 2.22. The zero-order chi connectivity index (χ0) is 17.6. The van der Waals surface area contributed by atoms with Gasteiger partial charge in [0.25, 0.3) is 0 Å². The number of ether oxygens (including phenoxy) is 1. The van der Waals surface area contributed by atoms with Crippen LogP contribution in [0.2, 0.25) is 0 Å². The average Bonchev–Trinajstić information content (AvgIpc) is 2.58. The van der Waals surface area contributed by atoms with Crippen LogP contribution in [-0.2, 0) is 9.53 Å². The van der Waals surface area contributed by atoms with E-state index in [2.05, 4.69) is 34.5 Å². The molecule has 2 unspecified atom stereocenters. The molecule has 1 aromatic rings. The van der Waals surface area contributed by atoms with Gasteiger partial charge in [-0.15, -0.1) is 0 Å². The van der Waals surface area contributed by atoms with Gasteiger partial charge in [0.05, 0.1) is 6.10 Å². The zero-order valence-corrected chi connectivity index (χ0v) is 15.5. The fourth-order valence-electron chi connectivity index (χ4n) is 3.20. The lowest BCUT2D eigenvalue weighted by molar-refractivity contribution is -0.128. The summed E-state index contributed by atoms with van der Waals surface area (Å²) in [7, 11) is 1.78. The van der Waals surface area contributed by atoms with Crippen molar-refractivity contribution in [1.82, 2.24) is 10.2 Å². The molecule has 2 atom stereocenters. The molecule has 4 nitrogen and oxygen atoms in total. The van der Waals surface area contributed by atoms with Gasteiger partial charge in [-0.1, -0.05) is 51.1 Å². The van der Waals surface area contributed by atoms with E-state index in [-0.39, 0.29) is 17.4 Å². The molecule has 1 saturated heterocycles. The molecule has 1 aliphatic rings. The second-order valence-corrected chi connectivity index (χ2v) is 7.86. The Labute approximate surface area is 146 Å². The quantitative estimate of drug-likeness (QED) is 0.869. The molecule has 1 heterocycles. The third-order valence-electron chi connectivity index (χ3n) is 4.72. The van der Waals surface area contributed by atoms with Crippen molar-refractivity contribution in [1.29, 1.82) is 0 Å². The molecule has 0 aromatic heterocycles. The Hall–Kier alpha value is -1.39. The molecular weight excluding hydrogens is 300 g/mol. The van der Waals surface area contributed by atoms with Crippen molar-refractivity contribution in [3.05, 3.63) is 35.9 Å². The summed E-state index contributed by atoms with van der Waals surface area (Å²) in [6.07, 6.45) is 2.47. The SMILES string of the molecule is COC(CN1CCCC(CNC(=O)C(C)(C)C)C1)c1ccccc1. The van der Waals surface area contributed by atoms with Crippen LogP contribution in [0.5, 0.6) is 0 Å². The molecule has 0 spiro atoms. The first-order chi connectivity index (χ1) is 11.4. The fraction of sp³-hybridized carbons (Fsp3) is 0.650. The van der Waals surface area contributed by atoms with Crippen LogP contribution in [0.15, 0.2) is 30.3 Å². The lowest BCUT2D eigenvalue weighted by atomic mass is 9.93. The van der Waals surface area contributed by atoms with E-state index in [1.807, 2.05) is 26.8 Å². The van der Waals surface area contributed by atoms with Gasteiger partial charge >= 0.3 is 0 Å². The minimum Gasteiger partial charge on any atom is -0.375 e. The molecule has 0 bridgehead atoms. The maximum absolute atomic E-state index is 12.1. The summed E-state index contributed by atoms with van der Waals surface area (Å²) in [6.45, 7) is 9.68. The highest BCUT2D eigenvalue weighted by Gasteiger charge is 2.25. The third kappa shape index (κ3) is 5.60. The Balaban J connectivity index is 1.85. The minimum absolute atomic E-state index is 0.106.